The molecule has 4 atom stereocenters. The highest BCUT2D eigenvalue weighted by atomic mass is 16.3. The predicted molar refractivity (Wildman–Crippen MR) is 138 cm³/mol. The number of allylic oxidation sites excluding steroid dienone is 6. The number of nitrogens with zero attached hydrogens (tertiary/aromatic N) is 1. The summed E-state index contributed by atoms with van der Waals surface area (Å²) in [7, 11) is 0. The van der Waals surface area contributed by atoms with Crippen molar-refractivity contribution in [1.29, 1.82) is 0 Å². The van der Waals surface area contributed by atoms with E-state index < -0.39 is 23.7 Å². The number of aromatic hydroxyl groups is 1. The molecule has 0 spiro atoms. The van der Waals surface area contributed by atoms with E-state index in [-0.39, 0.29) is 35.6 Å². The lowest BCUT2D eigenvalue weighted by Gasteiger charge is -2.42. The van der Waals surface area contributed by atoms with Crippen molar-refractivity contribution in [2.45, 2.75) is 25.7 Å². The van der Waals surface area contributed by atoms with Crippen LogP contribution in [0.1, 0.15) is 36.8 Å². The van der Waals surface area contributed by atoms with Crippen molar-refractivity contribution in [2.24, 2.45) is 17.8 Å². The topological polar surface area (TPSA) is 91.8 Å². The fourth-order valence-electron chi connectivity index (χ4n) is 6.46. The summed E-state index contributed by atoms with van der Waals surface area (Å²) < 4.78 is 0. The molecule has 37 heavy (non-hydrogen) atoms. The van der Waals surface area contributed by atoms with E-state index in [1.807, 2.05) is 6.08 Å². The smallest absolute Gasteiger partial charge is 0.238 e. The minimum atomic E-state index is -0.653. The highest BCUT2D eigenvalue weighted by Crippen LogP contribution is 2.56. The Morgan fingerprint density at radius 2 is 1.70 bits per heavy atom. The number of imide groups is 1. The first-order chi connectivity index (χ1) is 17.8. The van der Waals surface area contributed by atoms with Crippen LogP contribution in [-0.4, -0.2) is 28.5 Å². The Labute approximate surface area is 214 Å². The number of phenols is 1. The van der Waals surface area contributed by atoms with Crippen LogP contribution < -0.4 is 4.90 Å². The molecular weight excluding hydrogens is 466 g/mol. The van der Waals surface area contributed by atoms with E-state index in [0.29, 0.717) is 34.4 Å². The molecule has 1 N–H and O–H groups in total. The number of ketones is 2. The minimum absolute atomic E-state index is 0.0215. The molecule has 0 radical (unpaired) electrons. The van der Waals surface area contributed by atoms with Gasteiger partial charge < -0.3 is 5.11 Å². The summed E-state index contributed by atoms with van der Waals surface area (Å²) in [4.78, 5) is 55.2. The summed E-state index contributed by atoms with van der Waals surface area (Å²) in [5, 5.41) is 10.8. The Kier molecular flexibility index (Phi) is 5.23. The van der Waals surface area contributed by atoms with E-state index in [0.717, 1.165) is 11.1 Å². The molecule has 2 aromatic carbocycles. The van der Waals surface area contributed by atoms with Crippen LogP contribution >= 0.6 is 0 Å². The maximum Gasteiger partial charge on any atom is 0.238 e. The van der Waals surface area contributed by atoms with Crippen LogP contribution in [0.3, 0.4) is 0 Å². The van der Waals surface area contributed by atoms with Gasteiger partial charge in [0.05, 0.1) is 17.5 Å². The number of rotatable bonds is 3. The van der Waals surface area contributed by atoms with Gasteiger partial charge in [0, 0.05) is 28.2 Å². The molecule has 0 saturated carbocycles. The molecular formula is C31H25NO5. The van der Waals surface area contributed by atoms with Gasteiger partial charge in [0.1, 0.15) is 5.75 Å². The van der Waals surface area contributed by atoms with Crippen molar-refractivity contribution in [1.82, 2.24) is 0 Å². The average Bonchev–Trinajstić information content (AvgIpc) is 3.16. The quantitative estimate of drug-likeness (QED) is 0.383. The molecule has 6 nitrogen and oxygen atoms in total. The summed E-state index contributed by atoms with van der Waals surface area (Å²) in [6.07, 6.45) is 5.56. The fourth-order valence-corrected chi connectivity index (χ4v) is 6.46. The Bertz CT molecular complexity index is 1510. The lowest BCUT2D eigenvalue weighted by Crippen LogP contribution is -2.39. The number of para-hydroxylation sites is 1. The Balaban J connectivity index is 1.48. The van der Waals surface area contributed by atoms with Gasteiger partial charge >= 0.3 is 0 Å². The Hall–Kier alpha value is -4.32. The van der Waals surface area contributed by atoms with Gasteiger partial charge in [-0.15, -0.1) is 0 Å². The predicted octanol–water partition coefficient (Wildman–Crippen LogP) is 4.67. The van der Waals surface area contributed by atoms with Crippen LogP contribution in [0, 0.1) is 17.8 Å². The number of benzene rings is 2. The number of anilines is 1. The number of phenolic OH excluding ortho intramolecular Hbond substituents is 1. The third-order valence-electron chi connectivity index (χ3n) is 8.20. The van der Waals surface area contributed by atoms with E-state index in [9.17, 15) is 24.3 Å². The Morgan fingerprint density at radius 1 is 0.973 bits per heavy atom. The third-order valence-corrected chi connectivity index (χ3v) is 8.20. The molecule has 1 heterocycles. The maximum absolute atomic E-state index is 13.9. The van der Waals surface area contributed by atoms with Crippen molar-refractivity contribution in [3.8, 4) is 5.75 Å². The van der Waals surface area contributed by atoms with Crippen molar-refractivity contribution < 1.29 is 24.3 Å². The zero-order valence-corrected chi connectivity index (χ0v) is 20.3. The van der Waals surface area contributed by atoms with E-state index >= 15 is 0 Å². The van der Waals surface area contributed by atoms with Gasteiger partial charge in [-0.2, -0.15) is 0 Å². The summed E-state index contributed by atoms with van der Waals surface area (Å²) in [5.41, 5.74) is 3.84. The van der Waals surface area contributed by atoms with Gasteiger partial charge in [-0.1, -0.05) is 54.6 Å². The second kappa shape index (κ2) is 8.37. The first kappa shape index (κ1) is 23.1. The fraction of sp³-hybridized carbons (Fsp3) is 0.226. The van der Waals surface area contributed by atoms with E-state index in [1.165, 1.54) is 11.0 Å². The van der Waals surface area contributed by atoms with Crippen LogP contribution in [-0.2, 0) is 19.2 Å². The van der Waals surface area contributed by atoms with Gasteiger partial charge in [-0.05, 0) is 55.5 Å². The monoisotopic (exact) mass is 491 g/mol. The van der Waals surface area contributed by atoms with Crippen LogP contribution in [0.5, 0.6) is 5.75 Å². The Morgan fingerprint density at radius 3 is 2.41 bits per heavy atom. The van der Waals surface area contributed by atoms with Gasteiger partial charge in [0.25, 0.3) is 0 Å². The minimum Gasteiger partial charge on any atom is -0.508 e. The number of hydrogen-bond acceptors (Lipinski definition) is 5. The molecule has 1 fully saturated rings. The second-order valence-electron chi connectivity index (χ2n) is 10.1. The molecule has 1 aliphatic heterocycles. The van der Waals surface area contributed by atoms with Crippen molar-refractivity contribution in [3.63, 3.8) is 0 Å². The molecule has 6 heteroatoms. The molecule has 184 valence electrons. The van der Waals surface area contributed by atoms with Crippen LogP contribution in [0.4, 0.5) is 5.69 Å². The molecule has 0 bridgehead atoms. The van der Waals surface area contributed by atoms with E-state index in [2.05, 4.69) is 6.58 Å². The summed E-state index contributed by atoms with van der Waals surface area (Å²) in [6.45, 7) is 5.37. The number of Topliss-reactive ketones (excluding diaryl/α,β-unsaturated/α-hetero) is 1. The molecule has 3 aliphatic carbocycles. The largest absolute Gasteiger partial charge is 0.508 e. The van der Waals surface area contributed by atoms with Gasteiger partial charge in [-0.25, -0.2) is 0 Å². The number of hydrogen-bond donors (Lipinski definition) is 1. The lowest BCUT2D eigenvalue weighted by atomic mass is 9.59. The number of carbonyl (C=O) groups is 4. The van der Waals surface area contributed by atoms with Gasteiger partial charge in [-0.3, -0.25) is 24.1 Å². The normalized spacial score (nSPS) is 26.9. The summed E-state index contributed by atoms with van der Waals surface area (Å²) >= 11 is 0. The molecule has 0 unspecified atom stereocenters. The molecule has 2 amide bonds. The van der Waals surface area contributed by atoms with Crippen molar-refractivity contribution in [2.75, 3.05) is 4.90 Å². The van der Waals surface area contributed by atoms with Crippen molar-refractivity contribution in [3.05, 3.63) is 101 Å². The van der Waals surface area contributed by atoms with E-state index in [4.69, 9.17) is 0 Å². The molecule has 2 aromatic rings. The van der Waals surface area contributed by atoms with Crippen molar-refractivity contribution >= 4 is 35.1 Å². The molecule has 1 saturated heterocycles. The summed E-state index contributed by atoms with van der Waals surface area (Å²) in [6, 6.07) is 13.9. The van der Waals surface area contributed by atoms with Gasteiger partial charge in [0.15, 0.2) is 11.6 Å². The highest BCUT2D eigenvalue weighted by molar-refractivity contribution is 6.25. The second-order valence-corrected chi connectivity index (χ2v) is 10.1. The zero-order chi connectivity index (χ0) is 26.0. The van der Waals surface area contributed by atoms with Gasteiger partial charge in [0.2, 0.25) is 11.8 Å². The van der Waals surface area contributed by atoms with Crippen LogP contribution in [0.15, 0.2) is 89.6 Å². The summed E-state index contributed by atoms with van der Waals surface area (Å²) in [5.74, 6) is -3.27. The standard InChI is InChI=1S/C31H25NO5/c1-3-17-8-10-18(11-9-17)32-30(36)21-13-12-19-22(27(21)31(32)37)15-23-25(34)14-16(2)29(35)28(23)26(19)20-6-4-5-7-24(20)33/h3-12,14,21-22,26-27,33H,1,13,15H2,2H3/t21-,22+,26+,27-/m0/s1. The van der Waals surface area contributed by atoms with Crippen LogP contribution in [0.2, 0.25) is 0 Å². The van der Waals surface area contributed by atoms with Crippen LogP contribution in [0.25, 0.3) is 6.08 Å². The van der Waals surface area contributed by atoms with E-state index in [1.54, 1.807) is 61.5 Å². The molecule has 4 aliphatic rings. The highest BCUT2D eigenvalue weighted by Gasteiger charge is 2.56. The first-order valence-corrected chi connectivity index (χ1v) is 12.4. The number of carbonyl (C=O) groups excluding carboxylic acids is 4. The first-order valence-electron chi connectivity index (χ1n) is 12.4. The number of fused-ring (bicyclic) bond motifs is 3. The average molecular weight is 492 g/mol. The molecule has 0 aromatic heterocycles. The number of amides is 2. The lowest BCUT2D eigenvalue weighted by molar-refractivity contribution is -0.123. The molecule has 6 rings (SSSR count). The maximum atomic E-state index is 13.9. The zero-order valence-electron chi connectivity index (χ0n) is 20.3. The SMILES string of the molecule is C=Cc1ccc(N2C(=O)[C@H]3[C@H](CC=C4[C@H](c5ccccc5O)C5=C(C[C@H]43)C(=O)C=C(C)C5=O)C2=O)cc1. The third kappa shape index (κ3) is 3.32.